The zero-order valence-electron chi connectivity index (χ0n) is 18.3. The number of rotatable bonds is 8. The number of thiophene rings is 1. The van der Waals surface area contributed by atoms with Crippen LogP contribution in [0.5, 0.6) is 0 Å². The van der Waals surface area contributed by atoms with Crippen LogP contribution in [0.3, 0.4) is 0 Å². The molecule has 2 unspecified atom stereocenters. The summed E-state index contributed by atoms with van der Waals surface area (Å²) in [6.07, 6.45) is 8.50. The first-order valence-corrected chi connectivity index (χ1v) is 12.5. The van der Waals surface area contributed by atoms with E-state index in [4.69, 9.17) is 10.1 Å². The largest absolute Gasteiger partial charge is 0.360 e. The third-order valence-electron chi connectivity index (χ3n) is 6.52. The molecule has 31 heavy (non-hydrogen) atoms. The summed E-state index contributed by atoms with van der Waals surface area (Å²) < 4.78 is 5.82. The van der Waals surface area contributed by atoms with E-state index >= 15 is 0 Å². The van der Waals surface area contributed by atoms with Gasteiger partial charge in [-0.3, -0.25) is 4.79 Å². The number of hydrogen-bond donors (Lipinski definition) is 3. The lowest BCUT2D eigenvalue weighted by molar-refractivity contribution is -0.118. The first-order valence-electron chi connectivity index (χ1n) is 11.6. The van der Waals surface area contributed by atoms with Crippen molar-refractivity contribution in [1.29, 1.82) is 5.41 Å². The van der Waals surface area contributed by atoms with Gasteiger partial charge in [0.25, 0.3) is 0 Å². The molecule has 2 fully saturated rings. The summed E-state index contributed by atoms with van der Waals surface area (Å²) in [5, 5.41) is 19.2. The van der Waals surface area contributed by atoms with Gasteiger partial charge in [0.15, 0.2) is 0 Å². The summed E-state index contributed by atoms with van der Waals surface area (Å²) in [6, 6.07) is 7.94. The normalized spacial score (nSPS) is 20.4. The molecule has 0 bridgehead atoms. The van der Waals surface area contributed by atoms with Crippen LogP contribution in [-0.2, 0) is 9.53 Å². The van der Waals surface area contributed by atoms with Crippen molar-refractivity contribution in [1.82, 2.24) is 0 Å². The van der Waals surface area contributed by atoms with Gasteiger partial charge in [-0.2, -0.15) is 11.3 Å². The molecule has 4 rings (SSSR count). The summed E-state index contributed by atoms with van der Waals surface area (Å²) in [4.78, 5) is 13.4. The molecule has 6 heteroatoms. The lowest BCUT2D eigenvalue weighted by Gasteiger charge is -2.26. The van der Waals surface area contributed by atoms with Crippen LogP contribution in [-0.4, -0.2) is 24.5 Å². The molecule has 166 valence electrons. The van der Waals surface area contributed by atoms with E-state index in [0.717, 1.165) is 61.2 Å². The molecule has 1 saturated heterocycles. The standard InChI is InChI=1S/C25H33N3O2S/c1-2-21(26)20-15-19(10-11-22(20)28-23-9-5-6-13-30-23)27-25(29)24(17-7-3-4-8-17)18-12-14-31-16-18/h10-12,14-17,23-24,26,28H,2-9,13H2,1H3,(H,27,29). The van der Waals surface area contributed by atoms with Gasteiger partial charge in [-0.15, -0.1) is 0 Å². The molecule has 1 saturated carbocycles. The Balaban J connectivity index is 1.54. The van der Waals surface area contributed by atoms with E-state index < -0.39 is 0 Å². The molecule has 3 N–H and O–H groups in total. The summed E-state index contributed by atoms with van der Waals surface area (Å²) >= 11 is 1.65. The van der Waals surface area contributed by atoms with Crippen molar-refractivity contribution in [3.63, 3.8) is 0 Å². The summed E-state index contributed by atoms with van der Waals surface area (Å²) in [5.74, 6) is 0.374. The van der Waals surface area contributed by atoms with E-state index in [1.165, 1.54) is 12.8 Å². The number of anilines is 2. The molecule has 2 aromatic rings. The fraction of sp³-hybridized carbons (Fsp3) is 0.520. The fourth-order valence-corrected chi connectivity index (χ4v) is 5.51. The maximum atomic E-state index is 13.4. The number of hydrogen-bond acceptors (Lipinski definition) is 5. The van der Waals surface area contributed by atoms with Gasteiger partial charge in [0.1, 0.15) is 6.23 Å². The number of nitrogens with one attached hydrogen (secondary N) is 3. The summed E-state index contributed by atoms with van der Waals surface area (Å²) in [7, 11) is 0. The minimum atomic E-state index is -0.101. The Kier molecular flexibility index (Phi) is 7.41. The first kappa shape index (κ1) is 22.0. The molecular formula is C25H33N3O2S. The van der Waals surface area contributed by atoms with Gasteiger partial charge in [-0.25, -0.2) is 0 Å². The van der Waals surface area contributed by atoms with Crippen molar-refractivity contribution in [2.45, 2.75) is 70.4 Å². The maximum absolute atomic E-state index is 13.4. The molecule has 2 atom stereocenters. The van der Waals surface area contributed by atoms with Crippen LogP contribution in [0.1, 0.15) is 75.3 Å². The third kappa shape index (κ3) is 5.36. The first-order chi connectivity index (χ1) is 15.2. The van der Waals surface area contributed by atoms with Gasteiger partial charge in [-0.05, 0) is 85.0 Å². The lowest BCUT2D eigenvalue weighted by atomic mass is 9.85. The second-order valence-electron chi connectivity index (χ2n) is 8.66. The van der Waals surface area contributed by atoms with Crippen LogP contribution in [0.4, 0.5) is 11.4 Å². The topological polar surface area (TPSA) is 74.2 Å². The van der Waals surface area contributed by atoms with E-state index in [1.807, 2.05) is 25.1 Å². The van der Waals surface area contributed by atoms with Crippen LogP contribution in [0.25, 0.3) is 0 Å². The highest BCUT2D eigenvalue weighted by atomic mass is 32.1. The van der Waals surface area contributed by atoms with Crippen LogP contribution >= 0.6 is 11.3 Å². The number of benzene rings is 1. The second kappa shape index (κ2) is 10.4. The van der Waals surface area contributed by atoms with Crippen LogP contribution in [0, 0.1) is 11.3 Å². The van der Waals surface area contributed by atoms with Crippen molar-refractivity contribution in [3.05, 3.63) is 46.2 Å². The molecule has 1 aromatic carbocycles. The molecular weight excluding hydrogens is 406 g/mol. The Morgan fingerprint density at radius 3 is 2.68 bits per heavy atom. The summed E-state index contributed by atoms with van der Waals surface area (Å²) in [5.41, 5.74) is 4.18. The second-order valence-corrected chi connectivity index (χ2v) is 9.44. The molecule has 1 aliphatic carbocycles. The van der Waals surface area contributed by atoms with Gasteiger partial charge in [0, 0.05) is 29.3 Å². The molecule has 1 amide bonds. The van der Waals surface area contributed by atoms with Gasteiger partial charge < -0.3 is 20.8 Å². The van der Waals surface area contributed by atoms with E-state index in [9.17, 15) is 4.79 Å². The molecule has 5 nitrogen and oxygen atoms in total. The van der Waals surface area contributed by atoms with E-state index in [1.54, 1.807) is 11.3 Å². The molecule has 1 aliphatic heterocycles. The summed E-state index contributed by atoms with van der Waals surface area (Å²) in [6.45, 7) is 2.76. The Morgan fingerprint density at radius 2 is 2.00 bits per heavy atom. The number of amides is 1. The maximum Gasteiger partial charge on any atom is 0.232 e. The van der Waals surface area contributed by atoms with Gasteiger partial charge in [-0.1, -0.05) is 19.8 Å². The number of carbonyl (C=O) groups excluding carboxylic acids is 1. The predicted molar refractivity (Wildman–Crippen MR) is 128 cm³/mol. The average Bonchev–Trinajstić information content (AvgIpc) is 3.50. The Labute approximate surface area is 189 Å². The van der Waals surface area contributed by atoms with Crippen LogP contribution in [0.2, 0.25) is 0 Å². The van der Waals surface area contributed by atoms with Gasteiger partial charge >= 0.3 is 0 Å². The molecule has 2 heterocycles. The van der Waals surface area contributed by atoms with Crippen molar-refractivity contribution in [3.8, 4) is 0 Å². The third-order valence-corrected chi connectivity index (χ3v) is 7.22. The van der Waals surface area contributed by atoms with E-state index in [0.29, 0.717) is 18.1 Å². The highest BCUT2D eigenvalue weighted by molar-refractivity contribution is 7.08. The molecule has 1 aromatic heterocycles. The van der Waals surface area contributed by atoms with Gasteiger partial charge in [0.2, 0.25) is 5.91 Å². The highest BCUT2D eigenvalue weighted by Gasteiger charge is 2.32. The minimum Gasteiger partial charge on any atom is -0.360 e. The zero-order valence-corrected chi connectivity index (χ0v) is 19.1. The molecule has 2 aliphatic rings. The fourth-order valence-electron chi connectivity index (χ4n) is 4.82. The number of carbonyl (C=O) groups is 1. The predicted octanol–water partition coefficient (Wildman–Crippen LogP) is 6.38. The van der Waals surface area contributed by atoms with Crippen molar-refractivity contribution in [2.75, 3.05) is 17.2 Å². The van der Waals surface area contributed by atoms with Crippen LogP contribution in [0.15, 0.2) is 35.0 Å². The van der Waals surface area contributed by atoms with Crippen LogP contribution < -0.4 is 10.6 Å². The average molecular weight is 440 g/mol. The highest BCUT2D eigenvalue weighted by Crippen LogP contribution is 2.39. The lowest BCUT2D eigenvalue weighted by Crippen LogP contribution is -2.28. The Hall–Kier alpha value is -2.18. The Bertz CT molecular complexity index is 884. The zero-order chi connectivity index (χ0) is 21.6. The minimum absolute atomic E-state index is 0.0112. The van der Waals surface area contributed by atoms with Crippen molar-refractivity contribution >= 4 is 34.3 Å². The monoisotopic (exact) mass is 439 g/mol. The molecule has 0 spiro atoms. The molecule has 0 radical (unpaired) electrons. The van der Waals surface area contributed by atoms with Gasteiger partial charge in [0.05, 0.1) is 5.92 Å². The van der Waals surface area contributed by atoms with Crippen molar-refractivity contribution in [2.24, 2.45) is 5.92 Å². The van der Waals surface area contributed by atoms with E-state index in [2.05, 4.69) is 27.5 Å². The van der Waals surface area contributed by atoms with E-state index in [-0.39, 0.29) is 18.1 Å². The van der Waals surface area contributed by atoms with Crippen molar-refractivity contribution < 1.29 is 9.53 Å². The quantitative estimate of drug-likeness (QED) is 0.418. The number of ether oxygens (including phenoxy) is 1. The smallest absolute Gasteiger partial charge is 0.232 e. The SMILES string of the molecule is CCC(=N)c1cc(NC(=O)C(c2ccsc2)C2CCCC2)ccc1NC1CCCCO1. The Morgan fingerprint density at radius 1 is 1.19 bits per heavy atom.